The molecule has 0 radical (unpaired) electrons. The minimum absolute atomic E-state index is 0.109. The number of benzene rings is 2. The lowest BCUT2D eigenvalue weighted by Crippen LogP contribution is -2.31. The molecule has 4 rings (SSSR count). The summed E-state index contributed by atoms with van der Waals surface area (Å²) in [6.07, 6.45) is 1.63. The summed E-state index contributed by atoms with van der Waals surface area (Å²) in [7, 11) is 3.26. The molecule has 2 N–H and O–H groups in total. The number of ether oxygens (including phenoxy) is 3. The molecular formula is C27H33N3O5. The van der Waals surface area contributed by atoms with Crippen LogP contribution in [0.5, 0.6) is 17.2 Å². The van der Waals surface area contributed by atoms with Gasteiger partial charge >= 0.3 is 0 Å². The van der Waals surface area contributed by atoms with Gasteiger partial charge in [0.25, 0.3) is 5.91 Å². The third-order valence-corrected chi connectivity index (χ3v) is 6.23. The molecule has 1 amide bonds. The number of phenols is 1. The molecule has 186 valence electrons. The molecule has 8 heteroatoms. The van der Waals surface area contributed by atoms with Crippen molar-refractivity contribution in [3.63, 3.8) is 0 Å². The minimum atomic E-state index is -0.402. The lowest BCUT2D eigenvalue weighted by atomic mass is 9.95. The molecule has 0 saturated carbocycles. The van der Waals surface area contributed by atoms with Crippen LogP contribution in [0.3, 0.4) is 0 Å². The summed E-state index contributed by atoms with van der Waals surface area (Å²) in [5, 5.41) is 17.9. The number of nitrogens with one attached hydrogen (secondary N) is 1. The lowest BCUT2D eigenvalue weighted by molar-refractivity contribution is 0.0723. The number of aromatic amines is 1. The van der Waals surface area contributed by atoms with Crippen molar-refractivity contribution >= 4 is 5.91 Å². The molecule has 0 saturated heterocycles. The zero-order valence-corrected chi connectivity index (χ0v) is 20.7. The number of phenolic OH excluding ortho intramolecular Hbond substituents is 1. The number of hydrogen-bond acceptors (Lipinski definition) is 6. The second-order valence-electron chi connectivity index (χ2n) is 9.07. The molecule has 0 spiro atoms. The van der Waals surface area contributed by atoms with E-state index < -0.39 is 6.04 Å². The number of para-hydroxylation sites is 1. The molecule has 3 aromatic rings. The van der Waals surface area contributed by atoms with E-state index >= 15 is 0 Å². The number of aromatic nitrogens is 2. The van der Waals surface area contributed by atoms with Crippen molar-refractivity contribution in [3.8, 4) is 28.5 Å². The summed E-state index contributed by atoms with van der Waals surface area (Å²) >= 11 is 0. The second kappa shape index (κ2) is 10.8. The van der Waals surface area contributed by atoms with Crippen LogP contribution in [0.15, 0.2) is 42.5 Å². The van der Waals surface area contributed by atoms with E-state index in [1.165, 1.54) is 0 Å². The van der Waals surface area contributed by atoms with E-state index in [1.54, 1.807) is 32.4 Å². The van der Waals surface area contributed by atoms with Crippen LogP contribution in [0.4, 0.5) is 0 Å². The van der Waals surface area contributed by atoms with Gasteiger partial charge in [-0.2, -0.15) is 5.10 Å². The van der Waals surface area contributed by atoms with Crippen LogP contribution in [0.1, 0.15) is 54.3 Å². The van der Waals surface area contributed by atoms with Crippen molar-refractivity contribution in [2.45, 2.75) is 32.7 Å². The molecule has 0 bridgehead atoms. The van der Waals surface area contributed by atoms with Crippen LogP contribution >= 0.6 is 0 Å². The lowest BCUT2D eigenvalue weighted by Gasteiger charge is -2.27. The van der Waals surface area contributed by atoms with E-state index in [0.717, 1.165) is 17.5 Å². The molecule has 8 nitrogen and oxygen atoms in total. The third kappa shape index (κ3) is 4.98. The number of carbonyl (C=O) groups excluding carboxylic acids is 1. The SMILES string of the molecule is COCCCN1C(=O)c2[nH]nc(-c3ccccc3O)c2[C@@H]1c1ccc(OCCC(C)C)c(OC)c1. The molecule has 1 aliphatic heterocycles. The first-order valence-corrected chi connectivity index (χ1v) is 11.9. The fourth-order valence-electron chi connectivity index (χ4n) is 4.41. The average Bonchev–Trinajstić information content (AvgIpc) is 3.38. The maximum atomic E-state index is 13.4. The van der Waals surface area contributed by atoms with Gasteiger partial charge in [0.15, 0.2) is 11.5 Å². The quantitative estimate of drug-likeness (QED) is 0.384. The Morgan fingerprint density at radius 2 is 1.91 bits per heavy atom. The van der Waals surface area contributed by atoms with Gasteiger partial charge in [-0.3, -0.25) is 9.89 Å². The maximum absolute atomic E-state index is 13.4. The van der Waals surface area contributed by atoms with E-state index in [9.17, 15) is 9.90 Å². The summed E-state index contributed by atoms with van der Waals surface area (Å²) in [5.41, 5.74) is 3.18. The first kappa shape index (κ1) is 24.6. The van der Waals surface area contributed by atoms with Gasteiger partial charge in [0, 0.05) is 31.4 Å². The van der Waals surface area contributed by atoms with Gasteiger partial charge in [-0.05, 0) is 48.6 Å². The van der Waals surface area contributed by atoms with Gasteiger partial charge in [-0.1, -0.05) is 32.0 Å². The van der Waals surface area contributed by atoms with Crippen molar-refractivity contribution in [1.29, 1.82) is 0 Å². The van der Waals surface area contributed by atoms with Gasteiger partial charge in [-0.25, -0.2) is 0 Å². The van der Waals surface area contributed by atoms with Crippen LogP contribution in [0.25, 0.3) is 11.3 Å². The Hall–Kier alpha value is -3.52. The topological polar surface area (TPSA) is 96.9 Å². The molecule has 1 aromatic heterocycles. The number of aromatic hydroxyl groups is 1. The first-order valence-electron chi connectivity index (χ1n) is 11.9. The van der Waals surface area contributed by atoms with E-state index in [0.29, 0.717) is 60.5 Å². The Kier molecular flexibility index (Phi) is 7.60. The van der Waals surface area contributed by atoms with Crippen LogP contribution in [-0.4, -0.2) is 60.1 Å². The van der Waals surface area contributed by atoms with Gasteiger partial charge < -0.3 is 24.2 Å². The maximum Gasteiger partial charge on any atom is 0.273 e. The zero-order chi connectivity index (χ0) is 24.9. The summed E-state index contributed by atoms with van der Waals surface area (Å²) in [6.45, 7) is 5.96. The average molecular weight is 480 g/mol. The minimum Gasteiger partial charge on any atom is -0.507 e. The van der Waals surface area contributed by atoms with E-state index in [2.05, 4.69) is 24.0 Å². The Balaban J connectivity index is 1.76. The predicted molar refractivity (Wildman–Crippen MR) is 133 cm³/mol. The van der Waals surface area contributed by atoms with Crippen LogP contribution < -0.4 is 9.47 Å². The van der Waals surface area contributed by atoms with Gasteiger partial charge in [0.05, 0.1) is 19.8 Å². The number of fused-ring (bicyclic) bond motifs is 1. The molecule has 0 aliphatic carbocycles. The number of methoxy groups -OCH3 is 2. The molecule has 35 heavy (non-hydrogen) atoms. The van der Waals surface area contributed by atoms with Gasteiger partial charge in [0.2, 0.25) is 0 Å². The summed E-state index contributed by atoms with van der Waals surface area (Å²) in [4.78, 5) is 15.2. The smallest absolute Gasteiger partial charge is 0.273 e. The van der Waals surface area contributed by atoms with Crippen molar-refractivity contribution in [2.24, 2.45) is 5.92 Å². The van der Waals surface area contributed by atoms with Crippen molar-refractivity contribution in [3.05, 3.63) is 59.3 Å². The Morgan fingerprint density at radius 3 is 2.63 bits per heavy atom. The van der Waals surface area contributed by atoms with E-state index in [1.807, 2.05) is 29.2 Å². The van der Waals surface area contributed by atoms with Crippen molar-refractivity contribution in [2.75, 3.05) is 34.0 Å². The molecule has 1 aliphatic rings. The number of H-pyrrole nitrogens is 1. The number of nitrogens with zero attached hydrogens (tertiary/aromatic N) is 2. The normalized spacial score (nSPS) is 15.1. The number of amides is 1. The molecule has 2 aromatic carbocycles. The second-order valence-corrected chi connectivity index (χ2v) is 9.07. The van der Waals surface area contributed by atoms with Crippen LogP contribution in [0, 0.1) is 5.92 Å². The summed E-state index contributed by atoms with van der Waals surface area (Å²) in [6, 6.07) is 12.4. The first-order chi connectivity index (χ1) is 17.0. The fraction of sp³-hybridized carbons (Fsp3) is 0.407. The van der Waals surface area contributed by atoms with Crippen LogP contribution in [-0.2, 0) is 4.74 Å². The number of carbonyl (C=O) groups is 1. The highest BCUT2D eigenvalue weighted by Crippen LogP contribution is 2.45. The highest BCUT2D eigenvalue weighted by atomic mass is 16.5. The Morgan fingerprint density at radius 1 is 1.11 bits per heavy atom. The fourth-order valence-corrected chi connectivity index (χ4v) is 4.41. The third-order valence-electron chi connectivity index (χ3n) is 6.23. The molecular weight excluding hydrogens is 446 g/mol. The molecule has 0 fully saturated rings. The number of rotatable bonds is 11. The Labute approximate surface area is 205 Å². The molecule has 1 atom stereocenters. The molecule has 0 unspecified atom stereocenters. The van der Waals surface area contributed by atoms with Gasteiger partial charge in [-0.15, -0.1) is 0 Å². The zero-order valence-electron chi connectivity index (χ0n) is 20.7. The van der Waals surface area contributed by atoms with E-state index in [-0.39, 0.29) is 11.7 Å². The highest BCUT2D eigenvalue weighted by molar-refractivity contribution is 6.00. The highest BCUT2D eigenvalue weighted by Gasteiger charge is 2.42. The number of hydrogen-bond donors (Lipinski definition) is 2. The predicted octanol–water partition coefficient (Wildman–Crippen LogP) is 4.80. The van der Waals surface area contributed by atoms with Crippen molar-refractivity contribution in [1.82, 2.24) is 15.1 Å². The van der Waals surface area contributed by atoms with E-state index in [4.69, 9.17) is 14.2 Å². The Bertz CT molecular complexity index is 1170. The summed E-state index contributed by atoms with van der Waals surface area (Å²) in [5.74, 6) is 1.79. The van der Waals surface area contributed by atoms with Crippen molar-refractivity contribution < 1.29 is 24.1 Å². The largest absolute Gasteiger partial charge is 0.507 e. The van der Waals surface area contributed by atoms with Gasteiger partial charge in [0.1, 0.15) is 17.1 Å². The molecule has 2 heterocycles. The standard InChI is InChI=1S/C27H33N3O5/c1-17(2)12-15-35-21-11-10-18(16-22(21)34-4)26-23-24(19-8-5-6-9-20(19)31)28-29-25(23)27(32)30(26)13-7-14-33-3/h5-6,8-11,16-17,26,31H,7,12-15H2,1-4H3,(H,28,29)/t26-/m0/s1. The summed E-state index contributed by atoms with van der Waals surface area (Å²) < 4.78 is 16.9. The monoisotopic (exact) mass is 479 g/mol. The van der Waals surface area contributed by atoms with Crippen LogP contribution in [0.2, 0.25) is 0 Å².